The number of carbonyl (C=O) groups excluding carboxylic acids is 4. The van der Waals surface area contributed by atoms with Gasteiger partial charge in [0.25, 0.3) is 40.3 Å². The summed E-state index contributed by atoms with van der Waals surface area (Å²) in [5.74, 6) is 2.12. The maximum absolute atomic E-state index is 13.9. The molecule has 6 saturated heterocycles. The molecule has 4 amide bonds. The number of hydrogen-bond acceptors (Lipinski definition) is 23. The number of hydrogen-bond donors (Lipinski definition) is 9. The van der Waals surface area contributed by atoms with Crippen LogP contribution in [0.4, 0.5) is 28.6 Å². The van der Waals surface area contributed by atoms with E-state index in [0.717, 1.165) is 154 Å². The van der Waals surface area contributed by atoms with Crippen molar-refractivity contribution >= 4 is 121 Å². The van der Waals surface area contributed by atoms with Crippen LogP contribution in [0.25, 0.3) is 16.9 Å². The van der Waals surface area contributed by atoms with Crippen LogP contribution in [-0.2, 0) is 40.1 Å². The molecule has 7 aromatic heterocycles. The van der Waals surface area contributed by atoms with Crippen LogP contribution < -0.4 is 46.3 Å². The predicted molar refractivity (Wildman–Crippen MR) is 532 cm³/mol. The molecule has 38 nitrogen and oxygen atoms in total. The van der Waals surface area contributed by atoms with Crippen LogP contribution in [0, 0.1) is 80.1 Å². The number of aromatic amines is 3. The zero-order chi connectivity index (χ0) is 99.4. The van der Waals surface area contributed by atoms with Crippen molar-refractivity contribution in [3.63, 3.8) is 0 Å². The first-order valence-corrected chi connectivity index (χ1v) is 54.4. The van der Waals surface area contributed by atoms with Crippen molar-refractivity contribution in [1.82, 2.24) is 88.5 Å². The van der Waals surface area contributed by atoms with Crippen LogP contribution in [0.15, 0.2) is 123 Å². The van der Waals surface area contributed by atoms with Crippen molar-refractivity contribution in [3.05, 3.63) is 241 Å². The van der Waals surface area contributed by atoms with Gasteiger partial charge in [-0.15, -0.1) is 0 Å². The number of aromatic nitrogens is 11. The van der Waals surface area contributed by atoms with E-state index in [1.54, 1.807) is 117 Å². The van der Waals surface area contributed by atoms with E-state index in [4.69, 9.17) is 16.7 Å². The van der Waals surface area contributed by atoms with Crippen molar-refractivity contribution in [2.45, 2.75) is 190 Å². The molecule has 0 aliphatic carbocycles. The van der Waals surface area contributed by atoms with Crippen molar-refractivity contribution in [2.75, 3.05) is 102 Å². The Morgan fingerprint density at radius 2 is 0.761 bits per heavy atom. The summed E-state index contributed by atoms with van der Waals surface area (Å²) in [6.07, 6.45) is 17.1. The van der Waals surface area contributed by atoms with E-state index >= 15 is 0 Å². The van der Waals surface area contributed by atoms with Crippen molar-refractivity contribution in [2.24, 2.45) is 17.8 Å². The van der Waals surface area contributed by atoms with Gasteiger partial charge in [-0.1, -0.05) is 67.3 Å². The minimum absolute atomic E-state index is 0.0721. The molecule has 14 heterocycles. The Bertz CT molecular complexity index is 6800. The summed E-state index contributed by atoms with van der Waals surface area (Å²) in [5, 5.41) is 20.8. The number of fused-ring (bicyclic) bond motifs is 4. The lowest BCUT2D eigenvalue weighted by Gasteiger charge is -2.41. The average molecular weight is 1990 g/mol. The fourth-order valence-corrected chi connectivity index (χ4v) is 21.4. The summed E-state index contributed by atoms with van der Waals surface area (Å²) in [5.41, 5.74) is 16.0. The highest BCUT2D eigenvalue weighted by molar-refractivity contribution is 7.92. The molecule has 18 rings (SSSR count). The molecule has 7 aliphatic heterocycles. The van der Waals surface area contributed by atoms with Crippen LogP contribution in [0.5, 0.6) is 0 Å². The highest BCUT2D eigenvalue weighted by Crippen LogP contribution is 2.43. The number of carbonyl (C=O) groups is 4. The lowest BCUT2D eigenvalue weighted by Crippen LogP contribution is -2.49. The highest BCUT2D eigenvalue weighted by Gasteiger charge is 2.41. The van der Waals surface area contributed by atoms with E-state index in [0.29, 0.717) is 136 Å². The molecular formula is C95H122ClN23O15S4. The van der Waals surface area contributed by atoms with Crippen LogP contribution in [0.1, 0.15) is 243 Å². The molecule has 0 bridgehead atoms. The first-order valence-electron chi connectivity index (χ1n) is 46.5. The number of benzene rings is 4. The second-order valence-electron chi connectivity index (χ2n) is 38.0. The molecule has 8 atom stereocenters. The summed E-state index contributed by atoms with van der Waals surface area (Å²) >= 11 is 6.25. The molecule has 7 aliphatic rings. The van der Waals surface area contributed by atoms with Gasteiger partial charge in [-0.3, -0.25) is 73.2 Å². The summed E-state index contributed by atoms with van der Waals surface area (Å²) in [6, 6.07) is 26.3. The Kier molecular flexibility index (Phi) is 29.3. The Labute approximate surface area is 807 Å². The zero-order valence-electron chi connectivity index (χ0n) is 80.5. The van der Waals surface area contributed by atoms with E-state index in [2.05, 4.69) is 103 Å². The molecule has 11 aromatic rings. The second-order valence-corrected chi connectivity index (χ2v) is 45.4. The average Bonchev–Trinajstić information content (AvgIpc) is 1.62. The Balaban J connectivity index is 0.000000140. The predicted octanol–water partition coefficient (Wildman–Crippen LogP) is 12.1. The summed E-state index contributed by atoms with van der Waals surface area (Å²) in [6.45, 7) is 28.7. The molecule has 0 radical (unpaired) electrons. The van der Waals surface area contributed by atoms with Gasteiger partial charge in [0.1, 0.15) is 17.8 Å². The van der Waals surface area contributed by atoms with Crippen LogP contribution in [0.3, 0.4) is 0 Å². The van der Waals surface area contributed by atoms with Gasteiger partial charge in [-0.05, 0) is 218 Å². The molecule has 6 fully saturated rings. The van der Waals surface area contributed by atoms with Crippen LogP contribution in [-0.4, -0.2) is 218 Å². The number of nitrogens with one attached hydrogen (secondary N) is 9. The molecular weight excluding hydrogens is 1870 g/mol. The monoisotopic (exact) mass is 1990 g/mol. The maximum Gasteiger partial charge on any atom is 0.275 e. The highest BCUT2D eigenvalue weighted by atomic mass is 35.5. The van der Waals surface area contributed by atoms with E-state index < -0.39 is 40.1 Å². The fourth-order valence-electron chi connectivity index (χ4n) is 18.9. The first kappa shape index (κ1) is 100. The third-order valence-electron chi connectivity index (χ3n) is 26.7. The quantitative estimate of drug-likeness (QED) is 0.0385. The van der Waals surface area contributed by atoms with E-state index in [-0.39, 0.29) is 99.0 Å². The molecule has 9 N–H and O–H groups in total. The summed E-state index contributed by atoms with van der Waals surface area (Å²) in [4.78, 5) is 116. The van der Waals surface area contributed by atoms with Crippen molar-refractivity contribution < 1.29 is 52.8 Å². The smallest absolute Gasteiger partial charge is 0.275 e. The lowest BCUT2D eigenvalue weighted by atomic mass is 9.90. The number of piperidine rings is 4. The normalized spacial score (nSPS) is 20.5. The standard InChI is InChI=1S/C26H35ClN8O3S.3C23H29N5O4S/c1-39(37,38)31-20-9-8-18(27)15-19(20)26(36)33-13-4-2-7-22(33)21-16-24-29-23(32-11-6-12-32)17-25(35(24)30-21)34-14-5-3-10-28-34;3*1-13-6-7-18(26-33(5,31)32)17(10-13)23(30)27-9-8-14(2)11-20(27)19-12-21-24-16(4)15(3)22(29)28(21)25-19/h8-9,15-17,22,25,28-29,31H,2-7,10-14H2,1H3;3*6-7,10,12,14,20,25-26H,8-9,11H2,1-5H3/t22-,25?;14-,20+;2*14-,20-/m0010/s1. The maximum atomic E-state index is 13.9. The number of H-pyrrole nitrogens is 3. The Morgan fingerprint density at radius 3 is 1.11 bits per heavy atom. The van der Waals surface area contributed by atoms with E-state index in [1.807, 2.05) is 48.6 Å². The molecule has 43 heteroatoms. The SMILES string of the molecule is CS(=O)(=O)Nc1ccc(Cl)cc1C(=O)N1CCCC[C@H]1c1cc2n(n1)C(N1CCCCN1)C=C(N1CCC1)N2.Cc1ccc(NS(C)(=O)=O)c(C(=O)N2CC[C@@H](C)C[C@@H]2c2cc3nc(C)c(C)c(=O)n3[nH]2)c1.Cc1ccc(NS(C)(=O)=O)c(C(=O)N2CC[C@H](C)C[C@@H]2c2cc3nc(C)c(C)c(=O)n3[nH]2)c1.Cc1ccc(NS(C)(=O)=O)c(C(=O)N2CC[C@H](C)C[C@H]2c2cc3nc(C)c(C)c(=O)n3[nH]2)c1. The van der Waals surface area contributed by atoms with Crippen molar-refractivity contribution in [3.8, 4) is 0 Å². The topological polar surface area (TPSA) is 465 Å². The van der Waals surface area contributed by atoms with Gasteiger partial charge in [0.15, 0.2) is 16.9 Å². The minimum atomic E-state index is -3.58. The molecule has 138 heavy (non-hydrogen) atoms. The number of anilines is 5. The van der Waals surface area contributed by atoms with Gasteiger partial charge in [0, 0.05) is 115 Å². The van der Waals surface area contributed by atoms with Gasteiger partial charge in [-0.25, -0.2) is 71.9 Å². The van der Waals surface area contributed by atoms with Gasteiger partial charge in [-0.2, -0.15) is 5.10 Å². The minimum Gasteiger partial charge on any atom is -0.358 e. The van der Waals surface area contributed by atoms with Gasteiger partial charge < -0.3 is 29.8 Å². The molecule has 738 valence electrons. The third kappa shape index (κ3) is 22.5. The molecule has 0 saturated carbocycles. The third-order valence-corrected chi connectivity index (χ3v) is 29.3. The first-order chi connectivity index (χ1) is 65.1. The number of nitrogens with zero attached hydrogens (tertiary/aromatic N) is 14. The van der Waals surface area contributed by atoms with E-state index in [1.165, 1.54) is 32.1 Å². The number of aryl methyl sites for hydroxylation is 6. The zero-order valence-corrected chi connectivity index (χ0v) is 84.5. The number of amides is 4. The number of sulfonamides is 4. The van der Waals surface area contributed by atoms with Crippen LogP contribution >= 0.6 is 11.6 Å². The van der Waals surface area contributed by atoms with Gasteiger partial charge in [0.05, 0.1) is 117 Å². The largest absolute Gasteiger partial charge is 0.358 e. The molecule has 0 spiro atoms. The van der Waals surface area contributed by atoms with E-state index in [9.17, 15) is 67.2 Å². The molecule has 1 unspecified atom stereocenters. The Morgan fingerprint density at radius 1 is 0.406 bits per heavy atom. The van der Waals surface area contributed by atoms with Gasteiger partial charge >= 0.3 is 0 Å². The molecule has 4 aromatic carbocycles. The Hall–Kier alpha value is -12.2. The lowest BCUT2D eigenvalue weighted by molar-refractivity contribution is 0.0545. The number of halogens is 1. The van der Waals surface area contributed by atoms with Gasteiger partial charge in [0.2, 0.25) is 40.1 Å². The van der Waals surface area contributed by atoms with Crippen LogP contribution in [0.2, 0.25) is 5.02 Å². The summed E-state index contributed by atoms with van der Waals surface area (Å²) in [7, 11) is -14.2. The van der Waals surface area contributed by atoms with Crippen molar-refractivity contribution in [1.29, 1.82) is 0 Å². The fraction of sp³-hybridized carbons (Fsp3) is 0.463. The number of hydrazine groups is 1. The number of rotatable bonds is 18. The summed E-state index contributed by atoms with van der Waals surface area (Å²) < 4.78 is 111. The second kappa shape index (κ2) is 40.3. The number of likely N-dealkylation sites (tertiary alicyclic amines) is 5.